The molecule has 2 heterocycles. The molecule has 0 aliphatic heterocycles. The van der Waals surface area contributed by atoms with Gasteiger partial charge in [-0.15, -0.1) is 0 Å². The van der Waals surface area contributed by atoms with E-state index in [0.717, 1.165) is 10.2 Å². The first-order valence-electron chi connectivity index (χ1n) is 8.34. The van der Waals surface area contributed by atoms with Gasteiger partial charge in [-0.3, -0.25) is 10.1 Å². The van der Waals surface area contributed by atoms with Gasteiger partial charge in [-0.1, -0.05) is 46.3 Å². The summed E-state index contributed by atoms with van der Waals surface area (Å²) in [5.74, 6) is 0.103. The molecule has 0 radical (unpaired) electrons. The fourth-order valence-electron chi connectivity index (χ4n) is 2.87. The summed E-state index contributed by atoms with van der Waals surface area (Å²) in [5, 5.41) is 7.95. The van der Waals surface area contributed by atoms with Crippen molar-refractivity contribution in [2.24, 2.45) is 0 Å². The van der Waals surface area contributed by atoms with Gasteiger partial charge in [0.15, 0.2) is 5.13 Å². The van der Waals surface area contributed by atoms with Crippen LogP contribution in [0.15, 0.2) is 40.9 Å². The molecule has 4 rings (SSSR count). The number of carbonyl (C=O) groups is 1. The van der Waals surface area contributed by atoms with Crippen molar-refractivity contribution in [1.29, 1.82) is 0 Å². The molecule has 0 aliphatic carbocycles. The van der Waals surface area contributed by atoms with Crippen LogP contribution in [-0.2, 0) is 0 Å². The maximum absolute atomic E-state index is 12.9. The summed E-state index contributed by atoms with van der Waals surface area (Å²) in [7, 11) is 0. The van der Waals surface area contributed by atoms with Crippen LogP contribution in [0.2, 0.25) is 5.02 Å². The number of amides is 1. The number of carbonyl (C=O) groups excluding carboxylic acids is 1. The molecule has 0 saturated carbocycles. The normalized spacial score (nSPS) is 11.1. The smallest absolute Gasteiger partial charge is 0.263 e. The van der Waals surface area contributed by atoms with E-state index < -0.39 is 0 Å². The number of aromatic nitrogens is 2. The largest absolute Gasteiger partial charge is 0.360 e. The van der Waals surface area contributed by atoms with E-state index in [1.54, 1.807) is 19.1 Å². The second-order valence-corrected chi connectivity index (χ2v) is 7.76. The minimum absolute atomic E-state index is 0.323. The van der Waals surface area contributed by atoms with Crippen molar-refractivity contribution in [3.05, 3.63) is 63.9 Å². The van der Waals surface area contributed by atoms with E-state index in [1.807, 2.05) is 25.1 Å². The third-order valence-electron chi connectivity index (χ3n) is 4.44. The van der Waals surface area contributed by atoms with Gasteiger partial charge in [0.1, 0.15) is 17.0 Å². The summed E-state index contributed by atoms with van der Waals surface area (Å²) < 4.78 is 6.30. The van der Waals surface area contributed by atoms with E-state index in [1.165, 1.54) is 22.5 Å². The predicted octanol–water partition coefficient (Wildman–Crippen LogP) is 5.78. The van der Waals surface area contributed by atoms with Gasteiger partial charge in [-0.25, -0.2) is 4.98 Å². The average molecular weight is 398 g/mol. The van der Waals surface area contributed by atoms with Crippen LogP contribution in [0.25, 0.3) is 21.5 Å². The molecule has 0 spiro atoms. The number of thiazole rings is 1. The van der Waals surface area contributed by atoms with Crippen LogP contribution in [0.1, 0.15) is 27.2 Å². The standard InChI is InChI=1S/C20H16ClN3O2S/c1-10-8-15-16(9-11(10)2)27-20(22-15)23-19(25)17-12(3)26-24-18(17)13-6-4-5-7-14(13)21/h4-9H,1-3H3,(H,22,23,25). The monoisotopic (exact) mass is 397 g/mol. The Labute approximate surface area is 165 Å². The Bertz CT molecular complexity index is 1140. The van der Waals surface area contributed by atoms with Crippen molar-refractivity contribution < 1.29 is 9.32 Å². The first-order chi connectivity index (χ1) is 12.9. The van der Waals surface area contributed by atoms with E-state index in [9.17, 15) is 4.79 Å². The lowest BCUT2D eigenvalue weighted by Crippen LogP contribution is -2.13. The van der Waals surface area contributed by atoms with Crippen molar-refractivity contribution in [2.45, 2.75) is 20.8 Å². The molecule has 1 N–H and O–H groups in total. The third-order valence-corrected chi connectivity index (χ3v) is 5.71. The zero-order chi connectivity index (χ0) is 19.1. The number of rotatable bonds is 3. The quantitative estimate of drug-likeness (QED) is 0.475. The van der Waals surface area contributed by atoms with E-state index in [0.29, 0.717) is 32.7 Å². The number of aryl methyl sites for hydroxylation is 3. The second-order valence-electron chi connectivity index (χ2n) is 6.32. The summed E-state index contributed by atoms with van der Waals surface area (Å²) in [4.78, 5) is 17.4. The van der Waals surface area contributed by atoms with Crippen molar-refractivity contribution >= 4 is 44.2 Å². The first-order valence-corrected chi connectivity index (χ1v) is 9.54. The van der Waals surface area contributed by atoms with Crippen LogP contribution < -0.4 is 5.32 Å². The molecule has 2 aromatic heterocycles. The number of fused-ring (bicyclic) bond motifs is 1. The molecule has 1 amide bonds. The summed E-state index contributed by atoms with van der Waals surface area (Å²) in [5.41, 5.74) is 4.66. The Morgan fingerprint density at radius 1 is 1.15 bits per heavy atom. The molecule has 4 aromatic rings. The first kappa shape index (κ1) is 17.7. The van der Waals surface area contributed by atoms with Crippen molar-refractivity contribution in [1.82, 2.24) is 10.1 Å². The van der Waals surface area contributed by atoms with Gasteiger partial charge in [0.25, 0.3) is 5.91 Å². The minimum Gasteiger partial charge on any atom is -0.360 e. The molecular formula is C20H16ClN3O2S. The van der Waals surface area contributed by atoms with E-state index in [4.69, 9.17) is 16.1 Å². The molecule has 7 heteroatoms. The van der Waals surface area contributed by atoms with Gasteiger partial charge in [0, 0.05) is 5.56 Å². The maximum atomic E-state index is 12.9. The molecule has 5 nitrogen and oxygen atoms in total. The molecule has 0 atom stereocenters. The number of anilines is 1. The number of hydrogen-bond acceptors (Lipinski definition) is 5. The van der Waals surface area contributed by atoms with Crippen LogP contribution in [-0.4, -0.2) is 16.0 Å². The SMILES string of the molecule is Cc1cc2nc(NC(=O)c3c(-c4ccccc4Cl)noc3C)sc2cc1C. The summed E-state index contributed by atoms with van der Waals surface area (Å²) in [6.07, 6.45) is 0. The van der Waals surface area contributed by atoms with Gasteiger partial charge in [0.2, 0.25) is 0 Å². The third kappa shape index (κ3) is 3.22. The lowest BCUT2D eigenvalue weighted by Gasteiger charge is -2.04. The van der Waals surface area contributed by atoms with Gasteiger partial charge in [-0.2, -0.15) is 0 Å². The van der Waals surface area contributed by atoms with E-state index in [2.05, 4.69) is 28.4 Å². The molecule has 0 aliphatic rings. The van der Waals surface area contributed by atoms with Gasteiger partial charge in [0.05, 0.1) is 15.2 Å². The fraction of sp³-hybridized carbons (Fsp3) is 0.150. The molecule has 2 aromatic carbocycles. The minimum atomic E-state index is -0.323. The average Bonchev–Trinajstić information content (AvgIpc) is 3.18. The van der Waals surface area contributed by atoms with E-state index >= 15 is 0 Å². The van der Waals surface area contributed by atoms with Gasteiger partial charge < -0.3 is 4.52 Å². The molecule has 0 unspecified atom stereocenters. The molecule has 0 fully saturated rings. The Hall–Kier alpha value is -2.70. The van der Waals surface area contributed by atoms with Crippen LogP contribution in [0, 0.1) is 20.8 Å². The molecule has 27 heavy (non-hydrogen) atoms. The zero-order valence-corrected chi connectivity index (χ0v) is 16.5. The second kappa shape index (κ2) is 6.79. The Balaban J connectivity index is 1.70. The number of nitrogens with one attached hydrogen (secondary N) is 1. The predicted molar refractivity (Wildman–Crippen MR) is 109 cm³/mol. The van der Waals surface area contributed by atoms with Crippen molar-refractivity contribution in [2.75, 3.05) is 5.32 Å². The van der Waals surface area contributed by atoms with Crippen LogP contribution in [0.4, 0.5) is 5.13 Å². The lowest BCUT2D eigenvalue weighted by atomic mass is 10.1. The topological polar surface area (TPSA) is 68.0 Å². The Kier molecular flexibility index (Phi) is 4.45. The Morgan fingerprint density at radius 2 is 1.89 bits per heavy atom. The molecule has 0 saturated heterocycles. The highest BCUT2D eigenvalue weighted by atomic mass is 35.5. The zero-order valence-electron chi connectivity index (χ0n) is 15.0. The highest BCUT2D eigenvalue weighted by molar-refractivity contribution is 7.22. The van der Waals surface area contributed by atoms with Gasteiger partial charge in [-0.05, 0) is 50.1 Å². The number of halogens is 1. The highest BCUT2D eigenvalue weighted by Crippen LogP contribution is 2.33. The van der Waals surface area contributed by atoms with Crippen LogP contribution >= 0.6 is 22.9 Å². The van der Waals surface area contributed by atoms with Crippen molar-refractivity contribution in [3.8, 4) is 11.3 Å². The van der Waals surface area contributed by atoms with Crippen LogP contribution in [0.3, 0.4) is 0 Å². The van der Waals surface area contributed by atoms with Crippen LogP contribution in [0.5, 0.6) is 0 Å². The number of hydrogen-bond donors (Lipinski definition) is 1. The number of benzene rings is 2. The molecule has 136 valence electrons. The maximum Gasteiger partial charge on any atom is 0.263 e. The molecule has 0 bridgehead atoms. The Morgan fingerprint density at radius 3 is 2.67 bits per heavy atom. The highest BCUT2D eigenvalue weighted by Gasteiger charge is 2.24. The number of nitrogens with zero attached hydrogens (tertiary/aromatic N) is 2. The van der Waals surface area contributed by atoms with Gasteiger partial charge >= 0.3 is 0 Å². The summed E-state index contributed by atoms with van der Waals surface area (Å²) in [6.45, 7) is 5.80. The lowest BCUT2D eigenvalue weighted by molar-refractivity contribution is 0.102. The molecular weight excluding hydrogens is 382 g/mol. The van der Waals surface area contributed by atoms with Crippen molar-refractivity contribution in [3.63, 3.8) is 0 Å². The summed E-state index contributed by atoms with van der Waals surface area (Å²) in [6, 6.07) is 11.3. The van der Waals surface area contributed by atoms with E-state index in [-0.39, 0.29) is 5.91 Å². The summed E-state index contributed by atoms with van der Waals surface area (Å²) >= 11 is 7.70. The fourth-order valence-corrected chi connectivity index (χ4v) is 4.04.